The van der Waals surface area contributed by atoms with Crippen LogP contribution in [0.1, 0.15) is 19.6 Å². The third-order valence-corrected chi connectivity index (χ3v) is 7.31. The summed E-state index contributed by atoms with van der Waals surface area (Å²) in [5.41, 5.74) is 6.96. The molecule has 0 amide bonds. The molecule has 2 fully saturated rings. The molecular formula is C12H14IN5O3S. The van der Waals surface area contributed by atoms with Gasteiger partial charge in [-0.15, -0.1) is 11.8 Å². The van der Waals surface area contributed by atoms with Gasteiger partial charge in [-0.25, -0.2) is 4.79 Å². The molecule has 1 spiro atoms. The minimum Gasteiger partial charge on any atom is -0.343 e. The van der Waals surface area contributed by atoms with Crippen molar-refractivity contribution in [2.75, 3.05) is 10.2 Å². The molecule has 0 aromatic carbocycles. The predicted octanol–water partition coefficient (Wildman–Crippen LogP) is 2.02. The number of thioether (sulfide) groups is 1. The summed E-state index contributed by atoms with van der Waals surface area (Å²) >= 11 is 3.86. The Morgan fingerprint density at radius 3 is 2.91 bits per heavy atom. The number of rotatable bonds is 3. The zero-order valence-corrected chi connectivity index (χ0v) is 14.7. The Bertz CT molecular complexity index is 754. The molecule has 1 aromatic heterocycles. The molecule has 4 atom stereocenters. The van der Waals surface area contributed by atoms with Gasteiger partial charge in [0, 0.05) is 27.5 Å². The molecule has 3 rings (SSSR count). The van der Waals surface area contributed by atoms with Crippen LogP contribution in [-0.4, -0.2) is 30.2 Å². The molecule has 10 heteroatoms. The summed E-state index contributed by atoms with van der Waals surface area (Å²) in [4.78, 5) is 28.6. The van der Waals surface area contributed by atoms with E-state index in [9.17, 15) is 9.59 Å². The van der Waals surface area contributed by atoms with E-state index in [0.29, 0.717) is 4.43 Å². The molecule has 118 valence electrons. The minimum atomic E-state index is -0.983. The number of aromatic nitrogens is 2. The van der Waals surface area contributed by atoms with Crippen LogP contribution in [0.3, 0.4) is 0 Å². The van der Waals surface area contributed by atoms with Crippen molar-refractivity contribution in [3.8, 4) is 0 Å². The fraction of sp³-hybridized carbons (Fsp3) is 0.667. The normalized spacial score (nSPS) is 36.8. The lowest BCUT2D eigenvalue weighted by Crippen LogP contribution is -2.49. The first-order valence-electron chi connectivity index (χ1n) is 6.74. The van der Waals surface area contributed by atoms with Crippen LogP contribution in [0, 0.1) is 5.92 Å². The molecule has 0 radical (unpaired) electrons. The Labute approximate surface area is 143 Å². The SMILES string of the molecule is C[C@H]1[C@]2(CCS2)[C@H](n2ccc(=O)[nH]c2=O)O[C@@]1(CI)N=[N+]=[N-]. The number of ether oxygens (including phenoxy) is 1. The van der Waals surface area contributed by atoms with E-state index in [1.807, 2.05) is 6.92 Å². The Morgan fingerprint density at radius 2 is 2.41 bits per heavy atom. The van der Waals surface area contributed by atoms with E-state index in [1.165, 1.54) is 16.8 Å². The van der Waals surface area contributed by atoms with Gasteiger partial charge in [0.1, 0.15) is 0 Å². The molecule has 0 saturated carbocycles. The van der Waals surface area contributed by atoms with Crippen molar-refractivity contribution in [3.05, 3.63) is 43.5 Å². The number of hydrogen-bond acceptors (Lipinski definition) is 5. The quantitative estimate of drug-likeness (QED) is 0.257. The summed E-state index contributed by atoms with van der Waals surface area (Å²) in [7, 11) is 0. The number of azide groups is 1. The van der Waals surface area contributed by atoms with Crippen molar-refractivity contribution in [1.29, 1.82) is 0 Å². The van der Waals surface area contributed by atoms with Crippen LogP contribution in [0.2, 0.25) is 0 Å². The smallest absolute Gasteiger partial charge is 0.330 e. The number of nitrogens with zero attached hydrogens (tertiary/aromatic N) is 4. The maximum absolute atomic E-state index is 12.1. The van der Waals surface area contributed by atoms with Gasteiger partial charge >= 0.3 is 5.69 Å². The van der Waals surface area contributed by atoms with Gasteiger partial charge in [0.15, 0.2) is 12.0 Å². The lowest BCUT2D eigenvalue weighted by molar-refractivity contribution is -0.0675. The molecule has 2 aliphatic heterocycles. The van der Waals surface area contributed by atoms with Gasteiger partial charge in [-0.3, -0.25) is 14.3 Å². The highest BCUT2D eigenvalue weighted by atomic mass is 127. The highest BCUT2D eigenvalue weighted by Crippen LogP contribution is 2.63. The molecule has 1 N–H and O–H groups in total. The minimum absolute atomic E-state index is 0.0459. The topological polar surface area (TPSA) is 113 Å². The van der Waals surface area contributed by atoms with Gasteiger partial charge in [0.25, 0.3) is 5.56 Å². The molecule has 8 nitrogen and oxygen atoms in total. The number of alkyl halides is 1. The molecule has 2 aliphatic rings. The summed E-state index contributed by atoms with van der Waals surface area (Å²) in [6, 6.07) is 1.30. The third kappa shape index (κ3) is 2.12. The van der Waals surface area contributed by atoms with E-state index < -0.39 is 23.2 Å². The second-order valence-electron chi connectivity index (χ2n) is 5.43. The van der Waals surface area contributed by atoms with Crippen molar-refractivity contribution < 1.29 is 4.74 Å². The first kappa shape index (κ1) is 15.9. The number of nitrogens with one attached hydrogen (secondary N) is 1. The monoisotopic (exact) mass is 435 g/mol. The van der Waals surface area contributed by atoms with Gasteiger partial charge in [0.05, 0.1) is 4.75 Å². The highest BCUT2D eigenvalue weighted by molar-refractivity contribution is 14.1. The van der Waals surface area contributed by atoms with Crippen molar-refractivity contribution in [1.82, 2.24) is 9.55 Å². The van der Waals surface area contributed by atoms with Gasteiger partial charge in [0.2, 0.25) is 0 Å². The molecule has 0 bridgehead atoms. The van der Waals surface area contributed by atoms with Crippen LogP contribution < -0.4 is 11.2 Å². The largest absolute Gasteiger partial charge is 0.343 e. The van der Waals surface area contributed by atoms with E-state index in [2.05, 4.69) is 37.6 Å². The van der Waals surface area contributed by atoms with Crippen LogP contribution >= 0.6 is 34.4 Å². The van der Waals surface area contributed by atoms with Crippen molar-refractivity contribution in [2.24, 2.45) is 11.0 Å². The predicted molar refractivity (Wildman–Crippen MR) is 91.2 cm³/mol. The first-order chi connectivity index (χ1) is 10.5. The maximum atomic E-state index is 12.1. The molecule has 3 heterocycles. The molecule has 0 aliphatic carbocycles. The average Bonchev–Trinajstić information content (AvgIpc) is 2.69. The second kappa shape index (κ2) is 5.59. The number of aromatic amines is 1. The van der Waals surface area contributed by atoms with Crippen molar-refractivity contribution in [2.45, 2.75) is 30.0 Å². The number of H-pyrrole nitrogens is 1. The summed E-state index contributed by atoms with van der Waals surface area (Å²) in [6.45, 7) is 2.00. The molecular weight excluding hydrogens is 421 g/mol. The molecule has 2 saturated heterocycles. The molecule has 1 aromatic rings. The van der Waals surface area contributed by atoms with E-state index in [1.54, 1.807) is 11.8 Å². The van der Waals surface area contributed by atoms with Crippen LogP contribution in [0.4, 0.5) is 0 Å². The number of hydrogen-bond donors (Lipinski definition) is 1. The van der Waals surface area contributed by atoms with Crippen LogP contribution in [0.25, 0.3) is 10.4 Å². The maximum Gasteiger partial charge on any atom is 0.330 e. The zero-order chi connectivity index (χ0) is 16.0. The Hall–Kier alpha value is -0.970. The van der Waals surface area contributed by atoms with Crippen molar-refractivity contribution in [3.63, 3.8) is 0 Å². The Kier molecular flexibility index (Phi) is 4.04. The summed E-state index contributed by atoms with van der Waals surface area (Å²) in [6.07, 6.45) is 1.75. The van der Waals surface area contributed by atoms with Crippen molar-refractivity contribution >= 4 is 34.4 Å². The molecule has 0 unspecified atom stereocenters. The third-order valence-electron chi connectivity index (χ3n) is 4.52. The van der Waals surface area contributed by atoms with E-state index in [-0.39, 0.29) is 10.7 Å². The Morgan fingerprint density at radius 1 is 1.68 bits per heavy atom. The fourth-order valence-electron chi connectivity index (χ4n) is 3.13. The van der Waals surface area contributed by atoms with Crippen LogP contribution in [-0.2, 0) is 4.74 Å². The standard InChI is InChI=1S/C12H14IN5O3S/c1-7-11(3-5-22-11)9(21-12(7,6-13)16-17-14)18-4-2-8(19)15-10(18)20/h2,4,7,9H,3,5-6H2,1H3,(H,15,19,20)/t7-,9+,11+,12+/m0/s1. The van der Waals surface area contributed by atoms with E-state index in [0.717, 1.165) is 12.2 Å². The van der Waals surface area contributed by atoms with E-state index >= 15 is 0 Å². The number of halogens is 1. The van der Waals surface area contributed by atoms with E-state index in [4.69, 9.17) is 10.3 Å². The Balaban J connectivity index is 2.13. The first-order valence-corrected chi connectivity index (χ1v) is 9.26. The van der Waals surface area contributed by atoms with Gasteiger partial charge in [-0.05, 0) is 17.7 Å². The van der Waals surface area contributed by atoms with Crippen LogP contribution in [0.5, 0.6) is 0 Å². The second-order valence-corrected chi connectivity index (χ2v) is 7.65. The average molecular weight is 435 g/mol. The summed E-state index contributed by atoms with van der Waals surface area (Å²) < 4.78 is 7.68. The summed E-state index contributed by atoms with van der Waals surface area (Å²) in [5, 5.41) is 3.91. The molecule has 22 heavy (non-hydrogen) atoms. The van der Waals surface area contributed by atoms with Gasteiger partial charge in [-0.1, -0.05) is 34.6 Å². The summed E-state index contributed by atoms with van der Waals surface area (Å²) in [5.74, 6) is 0.922. The van der Waals surface area contributed by atoms with Gasteiger partial charge < -0.3 is 4.74 Å². The zero-order valence-electron chi connectivity index (χ0n) is 11.7. The lowest BCUT2D eigenvalue weighted by atomic mass is 9.84. The van der Waals surface area contributed by atoms with Gasteiger partial charge in [-0.2, -0.15) is 0 Å². The highest BCUT2D eigenvalue weighted by Gasteiger charge is 2.65. The lowest BCUT2D eigenvalue weighted by Gasteiger charge is -2.45. The van der Waals surface area contributed by atoms with Crippen LogP contribution in [0.15, 0.2) is 27.0 Å². The fourth-order valence-corrected chi connectivity index (χ4v) is 5.54.